The molecule has 0 saturated carbocycles. The fourth-order valence-electron chi connectivity index (χ4n) is 2.76. The van der Waals surface area contributed by atoms with Gasteiger partial charge >= 0.3 is 5.97 Å². The highest BCUT2D eigenvalue weighted by molar-refractivity contribution is 5.87. The van der Waals surface area contributed by atoms with Crippen LogP contribution in [0, 0.1) is 0 Å². The Bertz CT molecular complexity index is 616. The predicted molar refractivity (Wildman–Crippen MR) is 69.5 cm³/mol. The molecule has 0 fully saturated rings. The van der Waals surface area contributed by atoms with Gasteiger partial charge in [0.2, 0.25) is 0 Å². The number of aromatic amines is 1. The molecule has 1 aromatic heterocycles. The fourth-order valence-corrected chi connectivity index (χ4v) is 2.76. The summed E-state index contributed by atoms with van der Waals surface area (Å²) in [6.07, 6.45) is 4.59. The monoisotopic (exact) mass is 244 g/mol. The van der Waals surface area contributed by atoms with Crippen molar-refractivity contribution in [2.75, 3.05) is 0 Å². The zero-order valence-electron chi connectivity index (χ0n) is 10.1. The molecule has 1 unspecified atom stereocenters. The van der Waals surface area contributed by atoms with Crippen LogP contribution in [-0.4, -0.2) is 16.1 Å². The molecule has 0 amide bonds. The van der Waals surface area contributed by atoms with Crippen LogP contribution in [0.1, 0.15) is 35.7 Å². The second-order valence-corrected chi connectivity index (χ2v) is 4.91. The van der Waals surface area contributed by atoms with E-state index in [1.54, 1.807) is 6.07 Å². The third-order valence-electron chi connectivity index (χ3n) is 3.75. The van der Waals surface area contributed by atoms with Gasteiger partial charge in [-0.3, -0.25) is 4.79 Å². The van der Waals surface area contributed by atoms with Gasteiger partial charge in [0.15, 0.2) is 0 Å². The first-order chi connectivity index (χ1) is 8.66. The Morgan fingerprint density at radius 3 is 2.89 bits per heavy atom. The normalized spacial score (nSPS) is 16.5. The first kappa shape index (κ1) is 11.3. The summed E-state index contributed by atoms with van der Waals surface area (Å²) in [4.78, 5) is 14.4. The number of carboxylic acid groups (broad SMARTS) is 1. The summed E-state index contributed by atoms with van der Waals surface area (Å²) in [5.74, 6) is -0.987. The minimum Gasteiger partial charge on any atom is -0.480 e. The van der Waals surface area contributed by atoms with Crippen LogP contribution in [0.15, 0.2) is 18.2 Å². The summed E-state index contributed by atoms with van der Waals surface area (Å²) in [5, 5.41) is 10.1. The van der Waals surface area contributed by atoms with Crippen molar-refractivity contribution in [3.05, 3.63) is 35.0 Å². The Balaban J connectivity index is 2.13. The number of aryl methyl sites for hydroxylation is 2. The van der Waals surface area contributed by atoms with Gasteiger partial charge in [-0.15, -0.1) is 0 Å². The molecule has 1 atom stereocenters. The van der Waals surface area contributed by atoms with Gasteiger partial charge in [0.05, 0.1) is 0 Å². The lowest BCUT2D eigenvalue weighted by molar-refractivity contribution is -0.138. The SMILES string of the molecule is NC(C(=O)O)c1ccc2[nH]c3c(c2c1)CCCC3. The lowest BCUT2D eigenvalue weighted by Gasteiger charge is -2.11. The molecule has 94 valence electrons. The number of carboxylic acids is 1. The summed E-state index contributed by atoms with van der Waals surface area (Å²) in [6, 6.07) is 4.72. The van der Waals surface area contributed by atoms with Crippen molar-refractivity contribution in [2.45, 2.75) is 31.7 Å². The molecule has 1 aliphatic rings. The van der Waals surface area contributed by atoms with E-state index in [0.717, 1.165) is 23.7 Å². The highest BCUT2D eigenvalue weighted by Crippen LogP contribution is 2.30. The average Bonchev–Trinajstić information content (AvgIpc) is 2.75. The van der Waals surface area contributed by atoms with Gasteiger partial charge in [0, 0.05) is 16.6 Å². The van der Waals surface area contributed by atoms with E-state index in [9.17, 15) is 4.79 Å². The van der Waals surface area contributed by atoms with Crippen LogP contribution < -0.4 is 5.73 Å². The van der Waals surface area contributed by atoms with Crippen molar-refractivity contribution in [3.8, 4) is 0 Å². The van der Waals surface area contributed by atoms with E-state index in [2.05, 4.69) is 4.98 Å². The number of H-pyrrole nitrogens is 1. The number of aromatic nitrogens is 1. The Labute approximate surface area is 105 Å². The van der Waals surface area contributed by atoms with Gasteiger partial charge in [-0.1, -0.05) is 6.07 Å². The first-order valence-electron chi connectivity index (χ1n) is 6.28. The maximum Gasteiger partial charge on any atom is 0.325 e. The van der Waals surface area contributed by atoms with E-state index in [1.165, 1.54) is 24.1 Å². The van der Waals surface area contributed by atoms with E-state index in [0.29, 0.717) is 5.56 Å². The molecule has 0 spiro atoms. The summed E-state index contributed by atoms with van der Waals surface area (Å²) in [6.45, 7) is 0. The highest BCUT2D eigenvalue weighted by atomic mass is 16.4. The Morgan fingerprint density at radius 2 is 2.11 bits per heavy atom. The molecule has 0 radical (unpaired) electrons. The number of fused-ring (bicyclic) bond motifs is 3. The lowest BCUT2D eigenvalue weighted by Crippen LogP contribution is -2.20. The standard InChI is InChI=1S/C14H16N2O2/c15-13(14(17)18)8-5-6-12-10(7-8)9-3-1-2-4-11(9)16-12/h5-7,13,16H,1-4,15H2,(H,17,18). The number of nitrogens with two attached hydrogens (primary N) is 1. The second kappa shape index (κ2) is 4.14. The number of aliphatic carboxylic acids is 1. The molecule has 3 rings (SSSR count). The van der Waals surface area contributed by atoms with Gasteiger partial charge < -0.3 is 15.8 Å². The van der Waals surface area contributed by atoms with Crippen LogP contribution in [0.4, 0.5) is 0 Å². The maximum atomic E-state index is 10.9. The molecule has 4 N–H and O–H groups in total. The summed E-state index contributed by atoms with van der Waals surface area (Å²) >= 11 is 0. The Hall–Kier alpha value is -1.81. The molecule has 0 saturated heterocycles. The van der Waals surface area contributed by atoms with Crippen LogP contribution in [0.5, 0.6) is 0 Å². The number of carbonyl (C=O) groups is 1. The number of hydrogen-bond donors (Lipinski definition) is 3. The predicted octanol–water partition coefficient (Wildman–Crippen LogP) is 2.13. The smallest absolute Gasteiger partial charge is 0.325 e. The van der Waals surface area contributed by atoms with Crippen LogP contribution in [0.3, 0.4) is 0 Å². The number of hydrogen-bond acceptors (Lipinski definition) is 2. The molecule has 2 aromatic rings. The van der Waals surface area contributed by atoms with E-state index in [-0.39, 0.29) is 0 Å². The van der Waals surface area contributed by atoms with Gasteiger partial charge in [-0.2, -0.15) is 0 Å². The van der Waals surface area contributed by atoms with Crippen LogP contribution in [0.25, 0.3) is 10.9 Å². The van der Waals surface area contributed by atoms with Gasteiger partial charge in [0.25, 0.3) is 0 Å². The van der Waals surface area contributed by atoms with Crippen molar-refractivity contribution in [3.63, 3.8) is 0 Å². The maximum absolute atomic E-state index is 10.9. The molecule has 4 nitrogen and oxygen atoms in total. The number of rotatable bonds is 2. The first-order valence-corrected chi connectivity index (χ1v) is 6.28. The van der Waals surface area contributed by atoms with Crippen LogP contribution in [0.2, 0.25) is 0 Å². The van der Waals surface area contributed by atoms with Crippen molar-refractivity contribution in [1.29, 1.82) is 0 Å². The van der Waals surface area contributed by atoms with Gasteiger partial charge in [0.1, 0.15) is 6.04 Å². The molecule has 1 aliphatic carbocycles. The largest absolute Gasteiger partial charge is 0.480 e. The van der Waals surface area contributed by atoms with E-state index < -0.39 is 12.0 Å². The second-order valence-electron chi connectivity index (χ2n) is 4.91. The van der Waals surface area contributed by atoms with Crippen molar-refractivity contribution in [2.24, 2.45) is 5.73 Å². The minimum absolute atomic E-state index is 0.669. The van der Waals surface area contributed by atoms with Gasteiger partial charge in [-0.25, -0.2) is 0 Å². The summed E-state index contributed by atoms with van der Waals surface area (Å²) in [7, 11) is 0. The van der Waals surface area contributed by atoms with Crippen LogP contribution >= 0.6 is 0 Å². The molecule has 1 aromatic carbocycles. The quantitative estimate of drug-likeness (QED) is 0.757. The number of benzene rings is 1. The van der Waals surface area contributed by atoms with Crippen LogP contribution in [-0.2, 0) is 17.6 Å². The summed E-state index contributed by atoms with van der Waals surface area (Å²) < 4.78 is 0. The molecular formula is C14H16N2O2. The third-order valence-corrected chi connectivity index (χ3v) is 3.75. The van der Waals surface area contributed by atoms with E-state index in [1.807, 2.05) is 12.1 Å². The lowest BCUT2D eigenvalue weighted by atomic mass is 9.94. The molecule has 18 heavy (non-hydrogen) atoms. The van der Waals surface area contributed by atoms with E-state index in [4.69, 9.17) is 10.8 Å². The Kier molecular flexibility index (Phi) is 2.59. The molecule has 0 aliphatic heterocycles. The zero-order chi connectivity index (χ0) is 12.7. The zero-order valence-corrected chi connectivity index (χ0v) is 10.1. The van der Waals surface area contributed by atoms with E-state index >= 15 is 0 Å². The minimum atomic E-state index is -0.987. The van der Waals surface area contributed by atoms with Crippen molar-refractivity contribution in [1.82, 2.24) is 4.98 Å². The number of nitrogens with one attached hydrogen (secondary N) is 1. The van der Waals surface area contributed by atoms with Crippen molar-refractivity contribution < 1.29 is 9.90 Å². The third kappa shape index (κ3) is 1.69. The topological polar surface area (TPSA) is 79.1 Å². The van der Waals surface area contributed by atoms with Crippen molar-refractivity contribution >= 4 is 16.9 Å². The molecule has 0 bridgehead atoms. The fraction of sp³-hybridized carbons (Fsp3) is 0.357. The average molecular weight is 244 g/mol. The molecule has 1 heterocycles. The highest BCUT2D eigenvalue weighted by Gasteiger charge is 2.18. The summed E-state index contributed by atoms with van der Waals surface area (Å²) in [5.41, 5.74) is 10.1. The Morgan fingerprint density at radius 1 is 1.33 bits per heavy atom. The molecular weight excluding hydrogens is 228 g/mol. The molecule has 4 heteroatoms. The van der Waals surface area contributed by atoms with Gasteiger partial charge in [-0.05, 0) is 48.9 Å².